The molecule has 1 aliphatic rings. The molecule has 4 heteroatoms. The van der Waals surface area contributed by atoms with E-state index in [1.165, 1.54) is 5.56 Å². The van der Waals surface area contributed by atoms with Crippen LogP contribution in [0.2, 0.25) is 0 Å². The van der Waals surface area contributed by atoms with Gasteiger partial charge in [-0.15, -0.1) is 0 Å². The highest BCUT2D eigenvalue weighted by Gasteiger charge is 2.42. The molecule has 3 rings (SSSR count). The zero-order valence-electron chi connectivity index (χ0n) is 15.3. The zero-order chi connectivity index (χ0) is 18.5. The molecule has 4 nitrogen and oxygen atoms in total. The molecule has 1 aliphatic carbocycles. The lowest BCUT2D eigenvalue weighted by Gasteiger charge is -2.36. The second kappa shape index (κ2) is 6.12. The second-order valence-corrected chi connectivity index (χ2v) is 7.10. The molecule has 3 N–H and O–H groups in total. The molecule has 0 fully saturated rings. The standard InChI is InChI=1S/C21H25NO3/c1-11-8-14(9-12(2)13(11)3)18-20(24)19(21(18)25)16-7-6-15(22(4)5)10-17(16)23/h6-10,18,20,23-25H,1-5H3. The Balaban J connectivity index is 2.01. The van der Waals surface area contributed by atoms with Gasteiger partial charge in [0, 0.05) is 37.0 Å². The van der Waals surface area contributed by atoms with Crippen molar-refractivity contribution in [2.75, 3.05) is 19.0 Å². The van der Waals surface area contributed by atoms with Gasteiger partial charge < -0.3 is 20.2 Å². The molecule has 0 spiro atoms. The first kappa shape index (κ1) is 17.4. The minimum Gasteiger partial charge on any atom is -0.511 e. The van der Waals surface area contributed by atoms with Crippen molar-refractivity contribution in [1.29, 1.82) is 0 Å². The number of rotatable bonds is 3. The molecular formula is C21H25NO3. The molecule has 0 saturated heterocycles. The molecule has 0 radical (unpaired) electrons. The second-order valence-electron chi connectivity index (χ2n) is 7.10. The Labute approximate surface area is 148 Å². The van der Waals surface area contributed by atoms with Gasteiger partial charge in [0.15, 0.2) is 0 Å². The summed E-state index contributed by atoms with van der Waals surface area (Å²) in [6.45, 7) is 6.13. The fourth-order valence-corrected chi connectivity index (χ4v) is 3.45. The minimum absolute atomic E-state index is 0.0570. The van der Waals surface area contributed by atoms with Crippen molar-refractivity contribution in [2.45, 2.75) is 32.8 Å². The first-order valence-electron chi connectivity index (χ1n) is 8.42. The third kappa shape index (κ3) is 2.76. The van der Waals surface area contributed by atoms with Crippen LogP contribution in [0.3, 0.4) is 0 Å². The van der Waals surface area contributed by atoms with Crippen molar-refractivity contribution in [2.24, 2.45) is 0 Å². The van der Waals surface area contributed by atoms with E-state index in [2.05, 4.69) is 6.92 Å². The number of aryl methyl sites for hydroxylation is 2. The van der Waals surface area contributed by atoms with E-state index < -0.39 is 12.0 Å². The predicted octanol–water partition coefficient (Wildman–Crippen LogP) is 3.81. The highest BCUT2D eigenvalue weighted by Crippen LogP contribution is 2.49. The van der Waals surface area contributed by atoms with Crippen LogP contribution < -0.4 is 4.90 Å². The van der Waals surface area contributed by atoms with E-state index in [1.807, 2.05) is 51.0 Å². The lowest BCUT2D eigenvalue weighted by Crippen LogP contribution is -2.33. The van der Waals surface area contributed by atoms with Crippen LogP contribution in [-0.4, -0.2) is 35.5 Å². The Kier molecular flexibility index (Phi) is 4.25. The fraction of sp³-hybridized carbons (Fsp3) is 0.333. The fourth-order valence-electron chi connectivity index (χ4n) is 3.45. The number of nitrogens with zero attached hydrogens (tertiary/aromatic N) is 1. The number of benzene rings is 2. The first-order chi connectivity index (χ1) is 11.7. The van der Waals surface area contributed by atoms with Gasteiger partial charge in [0.1, 0.15) is 11.5 Å². The Bertz CT molecular complexity index is 844. The van der Waals surface area contributed by atoms with E-state index in [0.717, 1.165) is 22.4 Å². The van der Waals surface area contributed by atoms with Gasteiger partial charge in [-0.1, -0.05) is 12.1 Å². The van der Waals surface area contributed by atoms with Crippen LogP contribution in [0.25, 0.3) is 5.57 Å². The van der Waals surface area contributed by atoms with Crippen molar-refractivity contribution >= 4 is 11.3 Å². The number of aliphatic hydroxyl groups excluding tert-OH is 2. The van der Waals surface area contributed by atoms with Crippen molar-refractivity contribution in [3.63, 3.8) is 0 Å². The van der Waals surface area contributed by atoms with E-state index in [-0.39, 0.29) is 11.5 Å². The van der Waals surface area contributed by atoms with Crippen molar-refractivity contribution in [3.05, 3.63) is 63.9 Å². The Morgan fingerprint density at radius 1 is 0.920 bits per heavy atom. The Morgan fingerprint density at radius 3 is 2.00 bits per heavy atom. The molecule has 2 atom stereocenters. The van der Waals surface area contributed by atoms with Gasteiger partial charge >= 0.3 is 0 Å². The molecule has 2 unspecified atom stereocenters. The van der Waals surface area contributed by atoms with Gasteiger partial charge in [-0.25, -0.2) is 0 Å². The van der Waals surface area contributed by atoms with Crippen LogP contribution in [0.4, 0.5) is 5.69 Å². The van der Waals surface area contributed by atoms with Crippen LogP contribution in [-0.2, 0) is 0 Å². The van der Waals surface area contributed by atoms with E-state index in [9.17, 15) is 15.3 Å². The maximum Gasteiger partial charge on any atom is 0.125 e. The van der Waals surface area contributed by atoms with Crippen molar-refractivity contribution in [1.82, 2.24) is 0 Å². The van der Waals surface area contributed by atoms with Gasteiger partial charge in [-0.3, -0.25) is 0 Å². The molecular weight excluding hydrogens is 314 g/mol. The Morgan fingerprint density at radius 2 is 1.52 bits per heavy atom. The topological polar surface area (TPSA) is 63.9 Å². The SMILES string of the molecule is Cc1cc(C2C(O)=C(c3ccc(N(C)C)cc3O)C2O)cc(C)c1C. The molecule has 25 heavy (non-hydrogen) atoms. The van der Waals surface area contributed by atoms with E-state index in [4.69, 9.17) is 0 Å². The summed E-state index contributed by atoms with van der Waals surface area (Å²) in [7, 11) is 3.78. The highest BCUT2D eigenvalue weighted by atomic mass is 16.3. The predicted molar refractivity (Wildman–Crippen MR) is 101 cm³/mol. The maximum absolute atomic E-state index is 10.7. The molecule has 0 aliphatic heterocycles. The highest BCUT2D eigenvalue weighted by molar-refractivity contribution is 5.83. The monoisotopic (exact) mass is 339 g/mol. The lowest BCUT2D eigenvalue weighted by atomic mass is 9.72. The number of anilines is 1. The third-order valence-electron chi connectivity index (χ3n) is 5.28. The molecule has 0 bridgehead atoms. The summed E-state index contributed by atoms with van der Waals surface area (Å²) in [6, 6.07) is 9.25. The van der Waals surface area contributed by atoms with Crippen LogP contribution in [0.1, 0.15) is 33.7 Å². The number of hydrogen-bond acceptors (Lipinski definition) is 4. The number of phenolic OH excluding ortho intramolecular Hbond substituents is 1. The largest absolute Gasteiger partial charge is 0.511 e. The van der Waals surface area contributed by atoms with Crippen LogP contribution in [0.5, 0.6) is 5.75 Å². The van der Waals surface area contributed by atoms with Crippen LogP contribution in [0, 0.1) is 20.8 Å². The average Bonchev–Trinajstić information content (AvgIpc) is 2.54. The summed E-state index contributed by atoms with van der Waals surface area (Å²) in [6.07, 6.45) is -0.836. The number of aliphatic hydroxyl groups is 2. The molecule has 0 heterocycles. The van der Waals surface area contributed by atoms with Gasteiger partial charge in [0.2, 0.25) is 0 Å². The van der Waals surface area contributed by atoms with Crippen LogP contribution >= 0.6 is 0 Å². The average molecular weight is 339 g/mol. The third-order valence-corrected chi connectivity index (χ3v) is 5.28. The first-order valence-corrected chi connectivity index (χ1v) is 8.42. The lowest BCUT2D eigenvalue weighted by molar-refractivity contribution is 0.152. The van der Waals surface area contributed by atoms with E-state index >= 15 is 0 Å². The quantitative estimate of drug-likeness (QED) is 0.796. The molecule has 2 aromatic rings. The summed E-state index contributed by atoms with van der Waals surface area (Å²) in [4.78, 5) is 1.88. The van der Waals surface area contributed by atoms with Crippen LogP contribution in [0.15, 0.2) is 36.1 Å². The van der Waals surface area contributed by atoms with Gasteiger partial charge in [0.25, 0.3) is 0 Å². The molecule has 132 valence electrons. The maximum atomic E-state index is 10.7. The number of hydrogen-bond donors (Lipinski definition) is 3. The van der Waals surface area contributed by atoms with Crippen molar-refractivity contribution in [3.8, 4) is 5.75 Å². The normalized spacial score (nSPS) is 19.8. The van der Waals surface area contributed by atoms with Crippen molar-refractivity contribution < 1.29 is 15.3 Å². The molecule has 0 aromatic heterocycles. The zero-order valence-corrected chi connectivity index (χ0v) is 15.3. The molecule has 0 saturated carbocycles. The minimum atomic E-state index is -0.836. The molecule has 0 amide bonds. The smallest absolute Gasteiger partial charge is 0.125 e. The van der Waals surface area contributed by atoms with E-state index in [1.54, 1.807) is 12.1 Å². The Hall–Kier alpha value is -2.46. The summed E-state index contributed by atoms with van der Waals surface area (Å²) < 4.78 is 0. The summed E-state index contributed by atoms with van der Waals surface area (Å²) in [5.41, 5.74) is 6.15. The van der Waals surface area contributed by atoms with Gasteiger partial charge in [-0.05, 0) is 55.2 Å². The van der Waals surface area contributed by atoms with E-state index in [0.29, 0.717) is 11.1 Å². The van der Waals surface area contributed by atoms with Gasteiger partial charge in [0.05, 0.1) is 12.0 Å². The summed E-state index contributed by atoms with van der Waals surface area (Å²) >= 11 is 0. The number of phenols is 1. The summed E-state index contributed by atoms with van der Waals surface area (Å²) in [5, 5.41) is 31.6. The van der Waals surface area contributed by atoms with Gasteiger partial charge in [-0.2, -0.15) is 0 Å². The molecule has 2 aromatic carbocycles. The summed E-state index contributed by atoms with van der Waals surface area (Å²) in [5.74, 6) is -0.259. The number of aromatic hydroxyl groups is 1.